The molecule has 0 aliphatic rings. The fourth-order valence-electron chi connectivity index (χ4n) is 2.72. The summed E-state index contributed by atoms with van der Waals surface area (Å²) in [5.41, 5.74) is 1.90. The average Bonchev–Trinajstić information content (AvgIpc) is 3.34. The standard InChI is InChI=1S/C21H16N2O2S/c24-19(12-13-20-22-16-9-4-5-11-18(16)26-20)23-21(17-10-6-14-25-17)15-7-2-1-3-8-15/h1-14,21H,(H,23,24)/b13-12+. The monoisotopic (exact) mass is 360 g/mol. The van der Waals surface area contributed by atoms with Gasteiger partial charge >= 0.3 is 0 Å². The molecule has 1 amide bonds. The summed E-state index contributed by atoms with van der Waals surface area (Å²) >= 11 is 1.56. The Balaban J connectivity index is 1.53. The van der Waals surface area contributed by atoms with Gasteiger partial charge in [0, 0.05) is 6.08 Å². The van der Waals surface area contributed by atoms with E-state index in [0.717, 1.165) is 20.8 Å². The molecule has 0 spiro atoms. The van der Waals surface area contributed by atoms with Gasteiger partial charge in [0.25, 0.3) is 0 Å². The van der Waals surface area contributed by atoms with Gasteiger partial charge in [-0.1, -0.05) is 42.5 Å². The van der Waals surface area contributed by atoms with Crippen molar-refractivity contribution in [3.8, 4) is 0 Å². The number of benzene rings is 2. The molecule has 5 heteroatoms. The van der Waals surface area contributed by atoms with Crippen molar-refractivity contribution < 1.29 is 9.21 Å². The summed E-state index contributed by atoms with van der Waals surface area (Å²) in [6.07, 6.45) is 4.86. The Morgan fingerprint density at radius 1 is 1.04 bits per heavy atom. The minimum absolute atomic E-state index is 0.200. The van der Waals surface area contributed by atoms with E-state index in [2.05, 4.69) is 10.3 Å². The molecule has 26 heavy (non-hydrogen) atoms. The molecule has 2 aromatic carbocycles. The number of carbonyl (C=O) groups is 1. The predicted octanol–water partition coefficient (Wildman–Crippen LogP) is 4.81. The number of furan rings is 1. The van der Waals surface area contributed by atoms with E-state index in [1.54, 1.807) is 23.7 Å². The zero-order chi connectivity index (χ0) is 17.8. The van der Waals surface area contributed by atoms with Crippen molar-refractivity contribution in [2.75, 3.05) is 0 Å². The second kappa shape index (κ2) is 7.37. The first kappa shape index (κ1) is 16.3. The van der Waals surface area contributed by atoms with E-state index < -0.39 is 0 Å². The lowest BCUT2D eigenvalue weighted by atomic mass is 10.0. The molecule has 0 saturated carbocycles. The number of amides is 1. The van der Waals surface area contributed by atoms with Crippen molar-refractivity contribution in [1.29, 1.82) is 0 Å². The van der Waals surface area contributed by atoms with Gasteiger partial charge in [-0.15, -0.1) is 11.3 Å². The number of thiazole rings is 1. The quantitative estimate of drug-likeness (QED) is 0.520. The van der Waals surface area contributed by atoms with Crippen LogP contribution >= 0.6 is 11.3 Å². The van der Waals surface area contributed by atoms with E-state index in [1.807, 2.05) is 66.7 Å². The lowest BCUT2D eigenvalue weighted by Crippen LogP contribution is -2.27. The van der Waals surface area contributed by atoms with Crippen molar-refractivity contribution in [3.05, 3.63) is 95.4 Å². The van der Waals surface area contributed by atoms with Crippen LogP contribution in [0.4, 0.5) is 0 Å². The highest BCUT2D eigenvalue weighted by Crippen LogP contribution is 2.24. The number of carbonyl (C=O) groups excluding carboxylic acids is 1. The van der Waals surface area contributed by atoms with Crippen molar-refractivity contribution in [1.82, 2.24) is 10.3 Å². The predicted molar refractivity (Wildman–Crippen MR) is 104 cm³/mol. The Morgan fingerprint density at radius 2 is 1.85 bits per heavy atom. The maximum absolute atomic E-state index is 12.4. The third-order valence-corrected chi connectivity index (χ3v) is 4.94. The van der Waals surface area contributed by atoms with Crippen molar-refractivity contribution in [3.63, 3.8) is 0 Å². The van der Waals surface area contributed by atoms with Crippen LogP contribution in [0.2, 0.25) is 0 Å². The van der Waals surface area contributed by atoms with Gasteiger partial charge in [-0.25, -0.2) is 4.98 Å². The van der Waals surface area contributed by atoms with Crippen molar-refractivity contribution in [2.45, 2.75) is 6.04 Å². The van der Waals surface area contributed by atoms with Crippen LogP contribution in [0.3, 0.4) is 0 Å². The first-order valence-electron chi connectivity index (χ1n) is 8.22. The van der Waals surface area contributed by atoms with Crippen LogP contribution < -0.4 is 5.32 Å². The van der Waals surface area contributed by atoms with Gasteiger partial charge in [-0.2, -0.15) is 0 Å². The van der Waals surface area contributed by atoms with Gasteiger partial charge < -0.3 is 9.73 Å². The highest BCUT2D eigenvalue weighted by Gasteiger charge is 2.18. The van der Waals surface area contributed by atoms with Crippen LogP contribution in [0.5, 0.6) is 0 Å². The number of nitrogens with zero attached hydrogens (tertiary/aromatic N) is 1. The summed E-state index contributed by atoms with van der Waals surface area (Å²) in [7, 11) is 0. The SMILES string of the molecule is O=C(/C=C/c1nc2ccccc2s1)NC(c1ccccc1)c1ccco1. The fraction of sp³-hybridized carbons (Fsp3) is 0.0476. The molecule has 1 N–H and O–H groups in total. The zero-order valence-corrected chi connectivity index (χ0v) is 14.6. The van der Waals surface area contributed by atoms with Gasteiger partial charge in [-0.3, -0.25) is 4.79 Å². The summed E-state index contributed by atoms with van der Waals surface area (Å²) in [5.74, 6) is 0.493. The second-order valence-electron chi connectivity index (χ2n) is 5.72. The van der Waals surface area contributed by atoms with Crippen molar-refractivity contribution in [2.24, 2.45) is 0 Å². The van der Waals surface area contributed by atoms with E-state index in [-0.39, 0.29) is 11.9 Å². The van der Waals surface area contributed by atoms with E-state index in [0.29, 0.717) is 5.76 Å². The lowest BCUT2D eigenvalue weighted by molar-refractivity contribution is -0.117. The van der Waals surface area contributed by atoms with E-state index >= 15 is 0 Å². The highest BCUT2D eigenvalue weighted by atomic mass is 32.1. The number of hydrogen-bond donors (Lipinski definition) is 1. The largest absolute Gasteiger partial charge is 0.467 e. The molecule has 1 unspecified atom stereocenters. The molecule has 4 aromatic rings. The van der Waals surface area contributed by atoms with E-state index in [4.69, 9.17) is 4.42 Å². The van der Waals surface area contributed by atoms with Crippen LogP contribution in [0.15, 0.2) is 83.5 Å². The zero-order valence-electron chi connectivity index (χ0n) is 13.8. The Hall–Kier alpha value is -3.18. The summed E-state index contributed by atoms with van der Waals surface area (Å²) in [6, 6.07) is 21.0. The van der Waals surface area contributed by atoms with Crippen molar-refractivity contribution >= 4 is 33.5 Å². The minimum Gasteiger partial charge on any atom is -0.467 e. The molecule has 128 valence electrons. The number of para-hydroxylation sites is 1. The first-order valence-corrected chi connectivity index (χ1v) is 9.04. The third-order valence-electron chi connectivity index (χ3n) is 3.93. The fourth-order valence-corrected chi connectivity index (χ4v) is 3.59. The van der Waals surface area contributed by atoms with Crippen LogP contribution in [0, 0.1) is 0 Å². The van der Waals surface area contributed by atoms with Crippen LogP contribution in [0.25, 0.3) is 16.3 Å². The lowest BCUT2D eigenvalue weighted by Gasteiger charge is -2.16. The second-order valence-corrected chi connectivity index (χ2v) is 6.78. The molecule has 0 saturated heterocycles. The highest BCUT2D eigenvalue weighted by molar-refractivity contribution is 7.19. The molecule has 0 radical (unpaired) electrons. The molecule has 0 bridgehead atoms. The number of nitrogens with one attached hydrogen (secondary N) is 1. The number of aromatic nitrogens is 1. The summed E-state index contributed by atoms with van der Waals surface area (Å²) < 4.78 is 6.61. The molecular weight excluding hydrogens is 344 g/mol. The summed E-state index contributed by atoms with van der Waals surface area (Å²) in [4.78, 5) is 17.0. The van der Waals surface area contributed by atoms with Gasteiger partial charge in [0.15, 0.2) is 0 Å². The Kier molecular flexibility index (Phi) is 4.62. The number of fused-ring (bicyclic) bond motifs is 1. The molecule has 0 aliphatic heterocycles. The number of hydrogen-bond acceptors (Lipinski definition) is 4. The molecule has 4 nitrogen and oxygen atoms in total. The first-order chi connectivity index (χ1) is 12.8. The topological polar surface area (TPSA) is 55.1 Å². The number of rotatable bonds is 5. The van der Waals surface area contributed by atoms with Crippen LogP contribution in [-0.4, -0.2) is 10.9 Å². The minimum atomic E-state index is -0.335. The Morgan fingerprint density at radius 3 is 2.62 bits per heavy atom. The van der Waals surface area contributed by atoms with E-state index in [1.165, 1.54) is 6.08 Å². The average molecular weight is 360 g/mol. The smallest absolute Gasteiger partial charge is 0.244 e. The van der Waals surface area contributed by atoms with Gasteiger partial charge in [0.2, 0.25) is 5.91 Å². The van der Waals surface area contributed by atoms with Crippen LogP contribution in [-0.2, 0) is 4.79 Å². The molecule has 2 heterocycles. The molecular formula is C21H16N2O2S. The molecule has 0 fully saturated rings. The molecule has 2 aromatic heterocycles. The Bertz CT molecular complexity index is 1000. The van der Waals surface area contributed by atoms with Gasteiger partial charge in [0.05, 0.1) is 16.5 Å². The normalized spacial score (nSPS) is 12.5. The molecule has 0 aliphatic carbocycles. The third kappa shape index (κ3) is 3.58. The summed E-state index contributed by atoms with van der Waals surface area (Å²) in [6.45, 7) is 0. The van der Waals surface area contributed by atoms with Crippen LogP contribution in [0.1, 0.15) is 22.4 Å². The molecule has 4 rings (SSSR count). The van der Waals surface area contributed by atoms with Gasteiger partial charge in [-0.05, 0) is 35.9 Å². The maximum atomic E-state index is 12.4. The van der Waals surface area contributed by atoms with Gasteiger partial charge in [0.1, 0.15) is 16.8 Å². The maximum Gasteiger partial charge on any atom is 0.244 e. The van der Waals surface area contributed by atoms with E-state index in [9.17, 15) is 4.79 Å². The summed E-state index contributed by atoms with van der Waals surface area (Å²) in [5, 5.41) is 3.80. The molecule has 1 atom stereocenters. The Labute approximate surface area is 154 Å².